The van der Waals surface area contributed by atoms with Gasteiger partial charge in [0.2, 0.25) is 11.7 Å². The van der Waals surface area contributed by atoms with Crippen molar-refractivity contribution in [2.45, 2.75) is 31.7 Å². The van der Waals surface area contributed by atoms with Gasteiger partial charge in [-0.25, -0.2) is 0 Å². The van der Waals surface area contributed by atoms with Crippen molar-refractivity contribution in [1.29, 1.82) is 0 Å². The van der Waals surface area contributed by atoms with E-state index in [4.69, 9.17) is 19.9 Å². The molecule has 1 aromatic carbocycles. The Morgan fingerprint density at radius 3 is 2.12 bits per heavy atom. The third-order valence-corrected chi connectivity index (χ3v) is 4.42. The summed E-state index contributed by atoms with van der Waals surface area (Å²) in [6.07, 6.45) is 2.48. The van der Waals surface area contributed by atoms with E-state index in [2.05, 4.69) is 5.32 Å². The van der Waals surface area contributed by atoms with Crippen molar-refractivity contribution in [3.05, 3.63) is 17.7 Å². The first-order valence-corrected chi connectivity index (χ1v) is 7.77. The lowest BCUT2D eigenvalue weighted by Crippen LogP contribution is -2.53. The molecule has 1 unspecified atom stereocenters. The summed E-state index contributed by atoms with van der Waals surface area (Å²) < 4.78 is 15.9. The maximum absolute atomic E-state index is 12.4. The summed E-state index contributed by atoms with van der Waals surface area (Å²) in [5.41, 5.74) is 6.32. The van der Waals surface area contributed by atoms with Gasteiger partial charge in [-0.05, 0) is 43.4 Å². The van der Waals surface area contributed by atoms with Crippen LogP contribution in [0.15, 0.2) is 12.1 Å². The molecule has 0 spiro atoms. The number of halogens is 1. The Labute approximate surface area is 149 Å². The maximum Gasteiger partial charge on any atom is 0.224 e. The van der Waals surface area contributed by atoms with Gasteiger partial charge in [-0.1, -0.05) is 0 Å². The second-order valence-electron chi connectivity index (χ2n) is 6.15. The highest BCUT2D eigenvalue weighted by Gasteiger charge is 2.41. The Bertz CT molecular complexity index is 553. The molecule has 136 valence electrons. The highest BCUT2D eigenvalue weighted by Crippen LogP contribution is 2.40. The van der Waals surface area contributed by atoms with Gasteiger partial charge in [-0.2, -0.15) is 0 Å². The SMILES string of the molecule is COc1cc(CC(=O)NC(C)(CN)C2CC2)cc(OC)c1OC.Cl. The molecule has 0 heterocycles. The van der Waals surface area contributed by atoms with Gasteiger partial charge in [0.05, 0.1) is 33.3 Å². The largest absolute Gasteiger partial charge is 0.493 e. The minimum absolute atomic E-state index is 0. The van der Waals surface area contributed by atoms with E-state index in [0.29, 0.717) is 29.7 Å². The molecular formula is C17H27ClN2O4. The number of amides is 1. The zero-order valence-electron chi connectivity index (χ0n) is 14.7. The van der Waals surface area contributed by atoms with Gasteiger partial charge in [0.25, 0.3) is 0 Å². The Kier molecular flexibility index (Phi) is 7.17. The lowest BCUT2D eigenvalue weighted by atomic mass is 9.95. The van der Waals surface area contributed by atoms with E-state index in [1.54, 1.807) is 33.5 Å². The number of methoxy groups -OCH3 is 3. The standard InChI is InChI=1S/C17H26N2O4.ClH/c1-17(10-18,12-5-6-12)19-15(20)9-11-7-13(21-2)16(23-4)14(8-11)22-3;/h7-8,12H,5-6,9-10,18H2,1-4H3,(H,19,20);1H. The van der Waals surface area contributed by atoms with Gasteiger partial charge in [0, 0.05) is 6.54 Å². The van der Waals surface area contributed by atoms with E-state index >= 15 is 0 Å². The number of carbonyl (C=O) groups is 1. The Morgan fingerprint density at radius 1 is 1.21 bits per heavy atom. The zero-order valence-corrected chi connectivity index (χ0v) is 15.5. The van der Waals surface area contributed by atoms with E-state index in [0.717, 1.165) is 18.4 Å². The van der Waals surface area contributed by atoms with Gasteiger partial charge in [-0.15, -0.1) is 12.4 Å². The Morgan fingerprint density at radius 2 is 1.75 bits per heavy atom. The average molecular weight is 359 g/mol. The summed E-state index contributed by atoms with van der Waals surface area (Å²) in [6, 6.07) is 3.58. The second-order valence-corrected chi connectivity index (χ2v) is 6.15. The molecule has 0 radical (unpaired) electrons. The molecule has 3 N–H and O–H groups in total. The van der Waals surface area contributed by atoms with Crippen molar-refractivity contribution in [1.82, 2.24) is 5.32 Å². The predicted molar refractivity (Wildman–Crippen MR) is 95.4 cm³/mol. The lowest BCUT2D eigenvalue weighted by Gasteiger charge is -2.29. The topological polar surface area (TPSA) is 82.8 Å². The van der Waals surface area contributed by atoms with Crippen LogP contribution >= 0.6 is 12.4 Å². The number of rotatable bonds is 8. The first-order chi connectivity index (χ1) is 11.0. The molecule has 1 aliphatic carbocycles. The van der Waals surface area contributed by atoms with E-state index in [1.807, 2.05) is 6.92 Å². The summed E-state index contributed by atoms with van der Waals surface area (Å²) >= 11 is 0. The van der Waals surface area contributed by atoms with Gasteiger partial charge in [-0.3, -0.25) is 4.79 Å². The Balaban J connectivity index is 0.00000288. The van der Waals surface area contributed by atoms with E-state index in [9.17, 15) is 4.79 Å². The molecule has 0 aromatic heterocycles. The quantitative estimate of drug-likeness (QED) is 0.741. The van der Waals surface area contributed by atoms with Crippen LogP contribution in [0.3, 0.4) is 0 Å². The van der Waals surface area contributed by atoms with Crippen LogP contribution in [0.2, 0.25) is 0 Å². The van der Waals surface area contributed by atoms with Crippen LogP contribution in [0, 0.1) is 5.92 Å². The first-order valence-electron chi connectivity index (χ1n) is 7.77. The van der Waals surface area contributed by atoms with Crippen LogP contribution in [0.5, 0.6) is 17.2 Å². The van der Waals surface area contributed by atoms with Crippen LogP contribution in [0.1, 0.15) is 25.3 Å². The monoisotopic (exact) mass is 358 g/mol. The zero-order chi connectivity index (χ0) is 17.0. The molecule has 1 aliphatic rings. The van der Waals surface area contributed by atoms with Crippen molar-refractivity contribution < 1.29 is 19.0 Å². The number of benzene rings is 1. The van der Waals surface area contributed by atoms with Crippen molar-refractivity contribution >= 4 is 18.3 Å². The average Bonchev–Trinajstić information content (AvgIpc) is 3.38. The summed E-state index contributed by atoms with van der Waals surface area (Å²) in [7, 11) is 4.66. The molecule has 2 rings (SSSR count). The Hall–Kier alpha value is -1.66. The van der Waals surface area contributed by atoms with Gasteiger partial charge >= 0.3 is 0 Å². The molecule has 1 aromatic rings. The summed E-state index contributed by atoms with van der Waals surface area (Å²) in [5, 5.41) is 3.08. The number of ether oxygens (including phenoxy) is 3. The number of nitrogens with one attached hydrogen (secondary N) is 1. The molecular weight excluding hydrogens is 332 g/mol. The van der Waals surface area contributed by atoms with Gasteiger partial charge in [0.1, 0.15) is 0 Å². The molecule has 0 bridgehead atoms. The minimum Gasteiger partial charge on any atom is -0.493 e. The maximum atomic E-state index is 12.4. The molecule has 0 aliphatic heterocycles. The molecule has 24 heavy (non-hydrogen) atoms. The summed E-state index contributed by atoms with van der Waals surface area (Å²) in [4.78, 5) is 12.4. The molecule has 6 nitrogen and oxygen atoms in total. The third kappa shape index (κ3) is 4.45. The van der Waals surface area contributed by atoms with Crippen molar-refractivity contribution in [3.8, 4) is 17.2 Å². The summed E-state index contributed by atoms with van der Waals surface area (Å²) in [6.45, 7) is 2.45. The van der Waals surface area contributed by atoms with Crippen LogP contribution in [0.25, 0.3) is 0 Å². The first kappa shape index (κ1) is 20.4. The van der Waals surface area contributed by atoms with Crippen LogP contribution in [0.4, 0.5) is 0 Å². The molecule has 1 amide bonds. The van der Waals surface area contributed by atoms with Gasteiger partial charge in [0.15, 0.2) is 11.5 Å². The van der Waals surface area contributed by atoms with E-state index in [-0.39, 0.29) is 30.3 Å². The van der Waals surface area contributed by atoms with Crippen molar-refractivity contribution in [2.24, 2.45) is 11.7 Å². The molecule has 1 atom stereocenters. The number of nitrogens with two attached hydrogens (primary N) is 1. The molecule has 1 fully saturated rings. The fourth-order valence-corrected chi connectivity index (χ4v) is 2.83. The fourth-order valence-electron chi connectivity index (χ4n) is 2.83. The molecule has 1 saturated carbocycles. The number of hydrogen-bond donors (Lipinski definition) is 2. The van der Waals surface area contributed by atoms with Crippen LogP contribution in [-0.4, -0.2) is 39.3 Å². The predicted octanol–water partition coefficient (Wildman–Crippen LogP) is 1.92. The van der Waals surface area contributed by atoms with Crippen molar-refractivity contribution in [3.63, 3.8) is 0 Å². The third-order valence-electron chi connectivity index (χ3n) is 4.42. The van der Waals surface area contributed by atoms with Crippen LogP contribution < -0.4 is 25.3 Å². The smallest absolute Gasteiger partial charge is 0.224 e. The molecule has 0 saturated heterocycles. The summed E-state index contributed by atoms with van der Waals surface area (Å²) in [5.74, 6) is 2.02. The molecule has 7 heteroatoms. The van der Waals surface area contributed by atoms with Gasteiger partial charge < -0.3 is 25.3 Å². The highest BCUT2D eigenvalue weighted by atomic mass is 35.5. The second kappa shape index (κ2) is 8.44. The fraction of sp³-hybridized carbons (Fsp3) is 0.588. The normalized spacial score (nSPS) is 15.7. The highest BCUT2D eigenvalue weighted by molar-refractivity contribution is 5.85. The van der Waals surface area contributed by atoms with Crippen LogP contribution in [-0.2, 0) is 11.2 Å². The number of carbonyl (C=O) groups excluding carboxylic acids is 1. The van der Waals surface area contributed by atoms with E-state index in [1.165, 1.54) is 0 Å². The number of hydrogen-bond acceptors (Lipinski definition) is 5. The van der Waals surface area contributed by atoms with Crippen molar-refractivity contribution in [2.75, 3.05) is 27.9 Å². The lowest BCUT2D eigenvalue weighted by molar-refractivity contribution is -0.122. The minimum atomic E-state index is -0.322. The van der Waals surface area contributed by atoms with E-state index < -0.39 is 0 Å².